The van der Waals surface area contributed by atoms with Gasteiger partial charge in [-0.1, -0.05) is 19.3 Å². The second-order valence-corrected chi connectivity index (χ2v) is 6.35. The summed E-state index contributed by atoms with van der Waals surface area (Å²) in [6, 6.07) is 1.26. The number of nitrogens with zero attached hydrogens (tertiary/aromatic N) is 1. The largest absolute Gasteiger partial charge is 0.396 e. The minimum absolute atomic E-state index is 0.272. The van der Waals surface area contributed by atoms with Crippen LogP contribution in [0.5, 0.6) is 0 Å². The molecule has 2 fully saturated rings. The smallest absolute Gasteiger partial charge is 0.0446 e. The third-order valence-electron chi connectivity index (χ3n) is 4.51. The third kappa shape index (κ3) is 3.21. The molecule has 0 aromatic heterocycles. The average Bonchev–Trinajstić information content (AvgIpc) is 2.33. The van der Waals surface area contributed by atoms with Crippen LogP contribution in [0.3, 0.4) is 0 Å². The fraction of sp³-hybridized carbons (Fsp3) is 1.00. The van der Waals surface area contributed by atoms with Crippen molar-refractivity contribution in [3.05, 3.63) is 0 Å². The van der Waals surface area contributed by atoms with E-state index in [9.17, 15) is 0 Å². The zero-order valence-electron chi connectivity index (χ0n) is 11.4. The van der Waals surface area contributed by atoms with Gasteiger partial charge in [-0.05, 0) is 33.1 Å². The van der Waals surface area contributed by atoms with Crippen LogP contribution >= 0.6 is 0 Å². The number of rotatable bonds is 3. The molecule has 1 aliphatic heterocycles. The Kier molecular flexibility index (Phi) is 4.45. The first kappa shape index (κ1) is 13.3. The normalized spacial score (nSPS) is 31.6. The molecular weight excluding hydrogens is 212 g/mol. The molecule has 3 nitrogen and oxygen atoms in total. The molecule has 2 aliphatic rings. The Morgan fingerprint density at radius 3 is 2.59 bits per heavy atom. The van der Waals surface area contributed by atoms with E-state index in [0.29, 0.717) is 12.6 Å². The van der Waals surface area contributed by atoms with E-state index in [-0.39, 0.29) is 5.54 Å². The van der Waals surface area contributed by atoms with E-state index in [1.807, 2.05) is 0 Å². The first-order valence-corrected chi connectivity index (χ1v) is 7.24. The zero-order valence-corrected chi connectivity index (χ0v) is 11.4. The number of nitrogens with one attached hydrogen (secondary N) is 1. The van der Waals surface area contributed by atoms with Crippen molar-refractivity contribution in [2.75, 3.05) is 19.7 Å². The lowest BCUT2D eigenvalue weighted by molar-refractivity contribution is 0.00663. The van der Waals surface area contributed by atoms with E-state index >= 15 is 0 Å². The van der Waals surface area contributed by atoms with Gasteiger partial charge >= 0.3 is 0 Å². The van der Waals surface area contributed by atoms with Crippen molar-refractivity contribution in [3.63, 3.8) is 0 Å². The van der Waals surface area contributed by atoms with Gasteiger partial charge in [0, 0.05) is 37.3 Å². The Hall–Kier alpha value is -0.120. The molecule has 0 amide bonds. The van der Waals surface area contributed by atoms with Gasteiger partial charge in [0.2, 0.25) is 0 Å². The highest BCUT2D eigenvalue weighted by atomic mass is 16.3. The molecule has 2 N–H and O–H groups in total. The molecule has 0 spiro atoms. The minimum Gasteiger partial charge on any atom is -0.396 e. The van der Waals surface area contributed by atoms with E-state index in [4.69, 9.17) is 5.11 Å². The third-order valence-corrected chi connectivity index (χ3v) is 4.51. The SMILES string of the molecule is CC1(C)CNC(CCO)CN1C1CCCCC1. The molecule has 1 saturated carbocycles. The van der Waals surface area contributed by atoms with Crippen LogP contribution in [0.25, 0.3) is 0 Å². The predicted molar refractivity (Wildman–Crippen MR) is 71.2 cm³/mol. The van der Waals surface area contributed by atoms with Crippen LogP contribution in [-0.4, -0.2) is 47.3 Å². The fourth-order valence-corrected chi connectivity index (χ4v) is 3.43. The Labute approximate surface area is 106 Å². The number of aliphatic hydroxyl groups is 1. The molecule has 1 heterocycles. The van der Waals surface area contributed by atoms with Gasteiger partial charge in [0.25, 0.3) is 0 Å². The first-order valence-electron chi connectivity index (χ1n) is 7.24. The summed E-state index contributed by atoms with van der Waals surface area (Å²) in [6.45, 7) is 7.16. The van der Waals surface area contributed by atoms with Crippen molar-refractivity contribution in [2.24, 2.45) is 0 Å². The fourth-order valence-electron chi connectivity index (χ4n) is 3.43. The topological polar surface area (TPSA) is 35.5 Å². The minimum atomic E-state index is 0.272. The zero-order chi connectivity index (χ0) is 12.3. The average molecular weight is 240 g/mol. The summed E-state index contributed by atoms with van der Waals surface area (Å²) in [5, 5.41) is 12.7. The molecule has 17 heavy (non-hydrogen) atoms. The molecule has 1 atom stereocenters. The maximum absolute atomic E-state index is 9.09. The summed E-state index contributed by atoms with van der Waals surface area (Å²) >= 11 is 0. The highest BCUT2D eigenvalue weighted by Gasteiger charge is 2.37. The predicted octanol–water partition coefficient (Wildman–Crippen LogP) is 1.75. The lowest BCUT2D eigenvalue weighted by Gasteiger charge is -2.51. The summed E-state index contributed by atoms with van der Waals surface area (Å²) in [7, 11) is 0. The molecule has 1 unspecified atom stereocenters. The van der Waals surface area contributed by atoms with Gasteiger partial charge in [-0.25, -0.2) is 0 Å². The summed E-state index contributed by atoms with van der Waals surface area (Å²) < 4.78 is 0. The number of hydrogen-bond donors (Lipinski definition) is 2. The lowest BCUT2D eigenvalue weighted by atomic mass is 9.87. The van der Waals surface area contributed by atoms with E-state index < -0.39 is 0 Å². The van der Waals surface area contributed by atoms with Gasteiger partial charge in [0.15, 0.2) is 0 Å². The van der Waals surface area contributed by atoms with Crippen molar-refractivity contribution in [1.82, 2.24) is 10.2 Å². The molecule has 2 rings (SSSR count). The van der Waals surface area contributed by atoms with Crippen LogP contribution in [0, 0.1) is 0 Å². The van der Waals surface area contributed by atoms with Gasteiger partial charge in [-0.3, -0.25) is 4.90 Å². The molecule has 0 radical (unpaired) electrons. The molecule has 100 valence electrons. The first-order chi connectivity index (χ1) is 8.13. The van der Waals surface area contributed by atoms with Gasteiger partial charge in [0.1, 0.15) is 0 Å². The Morgan fingerprint density at radius 1 is 1.24 bits per heavy atom. The van der Waals surface area contributed by atoms with Crippen molar-refractivity contribution < 1.29 is 5.11 Å². The summed E-state index contributed by atoms with van der Waals surface area (Å²) in [5.41, 5.74) is 0.272. The van der Waals surface area contributed by atoms with Crippen molar-refractivity contribution in [2.45, 2.75) is 70.0 Å². The number of piperazine rings is 1. The number of aliphatic hydroxyl groups excluding tert-OH is 1. The van der Waals surface area contributed by atoms with Gasteiger partial charge in [-0.15, -0.1) is 0 Å². The van der Waals surface area contributed by atoms with Gasteiger partial charge in [0.05, 0.1) is 0 Å². The highest BCUT2D eigenvalue weighted by Crippen LogP contribution is 2.30. The molecule has 3 heteroatoms. The number of hydrogen-bond acceptors (Lipinski definition) is 3. The second-order valence-electron chi connectivity index (χ2n) is 6.35. The highest BCUT2D eigenvalue weighted by molar-refractivity contribution is 4.96. The van der Waals surface area contributed by atoms with E-state index in [1.54, 1.807) is 0 Å². The van der Waals surface area contributed by atoms with Gasteiger partial charge in [-0.2, -0.15) is 0 Å². The van der Waals surface area contributed by atoms with E-state index in [2.05, 4.69) is 24.1 Å². The van der Waals surface area contributed by atoms with Crippen molar-refractivity contribution in [3.8, 4) is 0 Å². The van der Waals surface area contributed by atoms with Crippen LogP contribution in [0.2, 0.25) is 0 Å². The van der Waals surface area contributed by atoms with Crippen LogP contribution in [0.4, 0.5) is 0 Å². The van der Waals surface area contributed by atoms with Gasteiger partial charge < -0.3 is 10.4 Å². The van der Waals surface area contributed by atoms with Crippen LogP contribution in [0.15, 0.2) is 0 Å². The summed E-state index contributed by atoms with van der Waals surface area (Å²) in [4.78, 5) is 2.71. The van der Waals surface area contributed by atoms with Crippen molar-refractivity contribution >= 4 is 0 Å². The van der Waals surface area contributed by atoms with E-state index in [0.717, 1.165) is 25.6 Å². The maximum atomic E-state index is 9.09. The lowest BCUT2D eigenvalue weighted by Crippen LogP contribution is -2.64. The molecule has 0 aromatic carbocycles. The molecule has 1 aliphatic carbocycles. The summed E-state index contributed by atoms with van der Waals surface area (Å²) in [5.74, 6) is 0. The Balaban J connectivity index is 1.99. The van der Waals surface area contributed by atoms with E-state index in [1.165, 1.54) is 32.1 Å². The monoisotopic (exact) mass is 240 g/mol. The second kappa shape index (κ2) is 5.68. The Morgan fingerprint density at radius 2 is 1.94 bits per heavy atom. The summed E-state index contributed by atoms with van der Waals surface area (Å²) in [6.07, 6.45) is 7.84. The molecular formula is C14H28N2O. The molecule has 0 aromatic rings. The maximum Gasteiger partial charge on any atom is 0.0446 e. The molecule has 0 bridgehead atoms. The Bertz CT molecular complexity index is 236. The van der Waals surface area contributed by atoms with Crippen LogP contribution in [0.1, 0.15) is 52.4 Å². The molecule has 1 saturated heterocycles. The quantitative estimate of drug-likeness (QED) is 0.789. The standard InChI is InChI=1S/C14H28N2O/c1-14(2)11-15-12(8-9-17)10-16(14)13-6-4-3-5-7-13/h12-13,15,17H,3-11H2,1-2H3. The van der Waals surface area contributed by atoms with Crippen molar-refractivity contribution in [1.29, 1.82) is 0 Å². The van der Waals surface area contributed by atoms with Crippen LogP contribution in [-0.2, 0) is 0 Å². The van der Waals surface area contributed by atoms with Crippen LogP contribution < -0.4 is 5.32 Å².